The average molecular weight is 315 g/mol. The zero-order valence-electron chi connectivity index (χ0n) is 13.4. The van der Waals surface area contributed by atoms with E-state index in [0.717, 1.165) is 35.1 Å². The van der Waals surface area contributed by atoms with Gasteiger partial charge in [-0.05, 0) is 36.2 Å². The molecule has 0 saturated heterocycles. The van der Waals surface area contributed by atoms with Crippen molar-refractivity contribution in [2.24, 2.45) is 7.05 Å². The van der Waals surface area contributed by atoms with E-state index in [1.54, 1.807) is 0 Å². The third-order valence-electron chi connectivity index (χ3n) is 5.05. The number of H-pyrrole nitrogens is 1. The van der Waals surface area contributed by atoms with Gasteiger partial charge in [0.05, 0.1) is 5.56 Å². The lowest BCUT2D eigenvalue weighted by Crippen LogP contribution is -2.28. The Kier molecular flexibility index (Phi) is 2.65. The van der Waals surface area contributed by atoms with Crippen LogP contribution in [0, 0.1) is 0 Å². The third-order valence-corrected chi connectivity index (χ3v) is 5.05. The van der Waals surface area contributed by atoms with Crippen LogP contribution in [0.4, 0.5) is 5.69 Å². The van der Waals surface area contributed by atoms with E-state index >= 15 is 0 Å². The van der Waals surface area contributed by atoms with Crippen LogP contribution in [0.25, 0.3) is 21.8 Å². The standard InChI is InChI=1S/C20H17N3O/c1-22-8-6-13-11-19-14(10-18(13)22)7-9-23(19)20(24)16-12-21-17-5-3-2-4-15(16)17/h2-6,8,10-12,21H,7,9H2,1H3. The monoisotopic (exact) mass is 315 g/mol. The molecule has 5 rings (SSSR count). The van der Waals surface area contributed by atoms with Gasteiger partial charge in [-0.2, -0.15) is 0 Å². The molecule has 1 amide bonds. The van der Waals surface area contributed by atoms with Gasteiger partial charge in [-0.25, -0.2) is 0 Å². The molecule has 1 N–H and O–H groups in total. The van der Waals surface area contributed by atoms with E-state index in [0.29, 0.717) is 0 Å². The van der Waals surface area contributed by atoms with Gasteiger partial charge in [0, 0.05) is 53.5 Å². The molecule has 0 radical (unpaired) electrons. The molecule has 118 valence electrons. The quantitative estimate of drug-likeness (QED) is 0.569. The Bertz CT molecular complexity index is 1100. The number of benzene rings is 2. The van der Waals surface area contributed by atoms with Crippen LogP contribution >= 0.6 is 0 Å². The van der Waals surface area contributed by atoms with Crippen molar-refractivity contribution in [2.45, 2.75) is 6.42 Å². The number of rotatable bonds is 1. The van der Waals surface area contributed by atoms with Crippen LogP contribution in [0.1, 0.15) is 15.9 Å². The maximum absolute atomic E-state index is 13.1. The number of fused-ring (bicyclic) bond motifs is 3. The summed E-state index contributed by atoms with van der Waals surface area (Å²) in [4.78, 5) is 18.2. The van der Waals surface area contributed by atoms with Crippen molar-refractivity contribution in [3.05, 3.63) is 66.0 Å². The van der Waals surface area contributed by atoms with Crippen LogP contribution in [-0.4, -0.2) is 22.0 Å². The minimum absolute atomic E-state index is 0.0708. The molecule has 0 fully saturated rings. The number of carbonyl (C=O) groups excluding carboxylic acids is 1. The molecule has 1 aliphatic heterocycles. The number of carbonyl (C=O) groups is 1. The van der Waals surface area contributed by atoms with Crippen molar-refractivity contribution in [3.8, 4) is 0 Å². The van der Waals surface area contributed by atoms with Gasteiger partial charge in [-0.15, -0.1) is 0 Å². The van der Waals surface area contributed by atoms with E-state index < -0.39 is 0 Å². The topological polar surface area (TPSA) is 41.0 Å². The van der Waals surface area contributed by atoms with E-state index in [-0.39, 0.29) is 5.91 Å². The molecule has 0 spiro atoms. The van der Waals surface area contributed by atoms with Crippen LogP contribution in [0.5, 0.6) is 0 Å². The van der Waals surface area contributed by atoms with Gasteiger partial charge in [-0.1, -0.05) is 18.2 Å². The molecule has 3 heterocycles. The fourth-order valence-corrected chi connectivity index (χ4v) is 3.76. The van der Waals surface area contributed by atoms with E-state index in [1.165, 1.54) is 16.5 Å². The largest absolute Gasteiger partial charge is 0.360 e. The molecule has 0 aliphatic carbocycles. The highest BCUT2D eigenvalue weighted by Gasteiger charge is 2.27. The van der Waals surface area contributed by atoms with Crippen LogP contribution in [0.2, 0.25) is 0 Å². The van der Waals surface area contributed by atoms with Crippen LogP contribution in [0.3, 0.4) is 0 Å². The summed E-state index contributed by atoms with van der Waals surface area (Å²) in [7, 11) is 2.05. The lowest BCUT2D eigenvalue weighted by molar-refractivity contribution is 0.0991. The van der Waals surface area contributed by atoms with Gasteiger partial charge < -0.3 is 14.5 Å². The second-order valence-corrected chi connectivity index (χ2v) is 6.42. The Morgan fingerprint density at radius 2 is 2.04 bits per heavy atom. The van der Waals surface area contributed by atoms with Gasteiger partial charge in [0.2, 0.25) is 0 Å². The molecule has 24 heavy (non-hydrogen) atoms. The summed E-state index contributed by atoms with van der Waals surface area (Å²) in [5.74, 6) is 0.0708. The minimum atomic E-state index is 0.0708. The lowest BCUT2D eigenvalue weighted by atomic mass is 10.1. The number of aromatic amines is 1. The predicted octanol–water partition coefficient (Wildman–Crippen LogP) is 3.86. The van der Waals surface area contributed by atoms with E-state index in [2.05, 4.69) is 41.0 Å². The molecule has 4 nitrogen and oxygen atoms in total. The van der Waals surface area contributed by atoms with Crippen LogP contribution < -0.4 is 4.90 Å². The first-order valence-corrected chi connectivity index (χ1v) is 8.18. The number of para-hydroxylation sites is 1. The zero-order valence-corrected chi connectivity index (χ0v) is 13.4. The molecule has 2 aromatic heterocycles. The molecule has 0 saturated carbocycles. The molecular weight excluding hydrogens is 298 g/mol. The summed E-state index contributed by atoms with van der Waals surface area (Å²) < 4.78 is 2.12. The fraction of sp³-hybridized carbons (Fsp3) is 0.150. The lowest BCUT2D eigenvalue weighted by Gasteiger charge is -2.17. The van der Waals surface area contributed by atoms with Gasteiger partial charge >= 0.3 is 0 Å². The maximum atomic E-state index is 13.1. The van der Waals surface area contributed by atoms with Crippen molar-refractivity contribution in [1.82, 2.24) is 9.55 Å². The molecule has 1 aliphatic rings. The first kappa shape index (κ1) is 13.4. The van der Waals surface area contributed by atoms with Gasteiger partial charge in [0.15, 0.2) is 0 Å². The van der Waals surface area contributed by atoms with Crippen molar-refractivity contribution in [3.63, 3.8) is 0 Å². The number of hydrogen-bond acceptors (Lipinski definition) is 1. The predicted molar refractivity (Wildman–Crippen MR) is 96.6 cm³/mol. The number of aryl methyl sites for hydroxylation is 1. The average Bonchev–Trinajstić information content (AvgIpc) is 3.30. The summed E-state index contributed by atoms with van der Waals surface area (Å²) in [6.45, 7) is 0.740. The number of anilines is 1. The van der Waals surface area contributed by atoms with Gasteiger partial charge in [-0.3, -0.25) is 4.79 Å². The summed E-state index contributed by atoms with van der Waals surface area (Å²) >= 11 is 0. The molecule has 4 aromatic rings. The number of nitrogens with one attached hydrogen (secondary N) is 1. The van der Waals surface area contributed by atoms with Crippen molar-refractivity contribution in [2.75, 3.05) is 11.4 Å². The van der Waals surface area contributed by atoms with E-state index in [1.807, 2.05) is 35.4 Å². The summed E-state index contributed by atoms with van der Waals surface area (Å²) in [5.41, 5.74) is 5.25. The van der Waals surface area contributed by atoms with Crippen molar-refractivity contribution in [1.29, 1.82) is 0 Å². The molecule has 4 heteroatoms. The molecule has 0 atom stereocenters. The Hall–Kier alpha value is -3.01. The highest BCUT2D eigenvalue weighted by Crippen LogP contribution is 2.34. The Morgan fingerprint density at radius 3 is 2.96 bits per heavy atom. The number of nitrogens with zero attached hydrogens (tertiary/aromatic N) is 2. The number of amides is 1. The molecule has 2 aromatic carbocycles. The zero-order chi connectivity index (χ0) is 16.3. The second-order valence-electron chi connectivity index (χ2n) is 6.42. The highest BCUT2D eigenvalue weighted by atomic mass is 16.2. The summed E-state index contributed by atoms with van der Waals surface area (Å²) in [5, 5.41) is 2.16. The first-order valence-electron chi connectivity index (χ1n) is 8.18. The van der Waals surface area contributed by atoms with Gasteiger partial charge in [0.25, 0.3) is 5.91 Å². The summed E-state index contributed by atoms with van der Waals surface area (Å²) in [6.07, 6.45) is 4.79. The Labute approximate surface area is 139 Å². The normalized spacial score (nSPS) is 13.8. The molecule has 0 bridgehead atoms. The maximum Gasteiger partial charge on any atom is 0.260 e. The molecule has 0 unspecified atom stereocenters. The van der Waals surface area contributed by atoms with E-state index in [4.69, 9.17) is 0 Å². The summed E-state index contributed by atoms with van der Waals surface area (Å²) in [6, 6.07) is 14.4. The van der Waals surface area contributed by atoms with Gasteiger partial charge in [0.1, 0.15) is 0 Å². The highest BCUT2D eigenvalue weighted by molar-refractivity contribution is 6.15. The first-order chi connectivity index (χ1) is 11.7. The number of aromatic nitrogens is 2. The number of hydrogen-bond donors (Lipinski definition) is 1. The Balaban J connectivity index is 1.62. The minimum Gasteiger partial charge on any atom is -0.360 e. The van der Waals surface area contributed by atoms with Crippen LogP contribution in [-0.2, 0) is 13.5 Å². The SMILES string of the molecule is Cn1ccc2cc3c(cc21)CCN3C(=O)c1c[nH]c2ccccc12. The van der Waals surface area contributed by atoms with Crippen molar-refractivity contribution < 1.29 is 4.79 Å². The Morgan fingerprint density at radius 1 is 1.17 bits per heavy atom. The third kappa shape index (κ3) is 1.77. The van der Waals surface area contributed by atoms with Crippen LogP contribution in [0.15, 0.2) is 54.9 Å². The molecular formula is C20H17N3O. The van der Waals surface area contributed by atoms with E-state index in [9.17, 15) is 4.79 Å². The smallest absolute Gasteiger partial charge is 0.260 e. The van der Waals surface area contributed by atoms with Crippen molar-refractivity contribution >= 4 is 33.4 Å². The fourth-order valence-electron chi connectivity index (χ4n) is 3.76. The second kappa shape index (κ2) is 4.74.